The first kappa shape index (κ1) is 14.4. The summed E-state index contributed by atoms with van der Waals surface area (Å²) in [6, 6.07) is 17.4. The Bertz CT molecular complexity index is 538. The number of para-hydroxylation sites is 1. The third-order valence-corrected chi connectivity index (χ3v) is 2.78. The van der Waals surface area contributed by atoms with Gasteiger partial charge in [0, 0.05) is 12.6 Å². The van der Waals surface area contributed by atoms with E-state index in [-0.39, 0.29) is 5.60 Å². The van der Waals surface area contributed by atoms with Crippen molar-refractivity contribution in [2.24, 2.45) is 0 Å². The second kappa shape index (κ2) is 6.44. The fraction of sp³-hybridized carbons (Fsp3) is 0.294. The van der Waals surface area contributed by atoms with E-state index in [4.69, 9.17) is 9.47 Å². The monoisotopic (exact) mass is 271 g/mol. The summed E-state index contributed by atoms with van der Waals surface area (Å²) >= 11 is 0. The smallest absolute Gasteiger partial charge is 0.131 e. The van der Waals surface area contributed by atoms with E-state index in [0.717, 1.165) is 23.8 Å². The molecular weight excluding hydrogens is 250 g/mol. The summed E-state index contributed by atoms with van der Waals surface area (Å²) in [6.45, 7) is 4.87. The topological polar surface area (TPSA) is 30.5 Å². The molecule has 0 atom stereocenters. The van der Waals surface area contributed by atoms with Crippen molar-refractivity contribution in [2.75, 3.05) is 13.6 Å². The van der Waals surface area contributed by atoms with Crippen LogP contribution in [0.25, 0.3) is 0 Å². The van der Waals surface area contributed by atoms with Crippen LogP contribution in [-0.4, -0.2) is 19.2 Å². The lowest BCUT2D eigenvalue weighted by atomic mass is 10.1. The van der Waals surface area contributed by atoms with Crippen molar-refractivity contribution in [2.45, 2.75) is 19.4 Å². The Labute approximate surface area is 120 Å². The molecule has 2 rings (SSSR count). The summed E-state index contributed by atoms with van der Waals surface area (Å²) in [6.07, 6.45) is 0. The van der Waals surface area contributed by atoms with Crippen molar-refractivity contribution in [3.63, 3.8) is 0 Å². The van der Waals surface area contributed by atoms with Crippen LogP contribution in [0, 0.1) is 0 Å². The summed E-state index contributed by atoms with van der Waals surface area (Å²) < 4.78 is 11.8. The van der Waals surface area contributed by atoms with Gasteiger partial charge in [0.1, 0.15) is 22.8 Å². The van der Waals surface area contributed by atoms with Gasteiger partial charge in [0.05, 0.1) is 0 Å². The lowest BCUT2D eigenvalue weighted by Crippen LogP contribution is -2.38. The van der Waals surface area contributed by atoms with Crippen LogP contribution in [0.5, 0.6) is 17.2 Å². The van der Waals surface area contributed by atoms with E-state index in [9.17, 15) is 0 Å². The van der Waals surface area contributed by atoms with Crippen molar-refractivity contribution >= 4 is 0 Å². The number of rotatable bonds is 6. The number of hydrogen-bond donors (Lipinski definition) is 1. The molecule has 0 saturated heterocycles. The van der Waals surface area contributed by atoms with Crippen LogP contribution in [0.15, 0.2) is 54.6 Å². The predicted molar refractivity (Wildman–Crippen MR) is 81.6 cm³/mol. The SMILES string of the molecule is CNCC(C)(C)Oc1cccc(Oc2ccccc2)c1. The first-order chi connectivity index (χ1) is 9.59. The highest BCUT2D eigenvalue weighted by molar-refractivity contribution is 5.37. The molecule has 0 aromatic heterocycles. The highest BCUT2D eigenvalue weighted by Crippen LogP contribution is 2.26. The van der Waals surface area contributed by atoms with E-state index < -0.39 is 0 Å². The highest BCUT2D eigenvalue weighted by atomic mass is 16.5. The van der Waals surface area contributed by atoms with Gasteiger partial charge < -0.3 is 14.8 Å². The van der Waals surface area contributed by atoms with E-state index in [1.807, 2.05) is 75.5 Å². The molecule has 0 heterocycles. The highest BCUT2D eigenvalue weighted by Gasteiger charge is 2.18. The van der Waals surface area contributed by atoms with Gasteiger partial charge in [-0.2, -0.15) is 0 Å². The van der Waals surface area contributed by atoms with Crippen LogP contribution in [0.2, 0.25) is 0 Å². The summed E-state index contributed by atoms with van der Waals surface area (Å²) in [7, 11) is 1.92. The van der Waals surface area contributed by atoms with Crippen molar-refractivity contribution in [1.82, 2.24) is 5.32 Å². The average molecular weight is 271 g/mol. The number of ether oxygens (including phenoxy) is 2. The van der Waals surface area contributed by atoms with Gasteiger partial charge in [0.2, 0.25) is 0 Å². The van der Waals surface area contributed by atoms with E-state index in [1.165, 1.54) is 0 Å². The molecule has 0 fully saturated rings. The second-order valence-corrected chi connectivity index (χ2v) is 5.28. The van der Waals surface area contributed by atoms with E-state index in [2.05, 4.69) is 5.32 Å². The van der Waals surface area contributed by atoms with Gasteiger partial charge in [-0.3, -0.25) is 0 Å². The molecule has 3 nitrogen and oxygen atoms in total. The van der Waals surface area contributed by atoms with Crippen LogP contribution in [-0.2, 0) is 0 Å². The van der Waals surface area contributed by atoms with Gasteiger partial charge in [-0.05, 0) is 45.2 Å². The summed E-state index contributed by atoms with van der Waals surface area (Å²) in [5.41, 5.74) is -0.264. The number of benzene rings is 2. The summed E-state index contributed by atoms with van der Waals surface area (Å²) in [4.78, 5) is 0. The van der Waals surface area contributed by atoms with Crippen molar-refractivity contribution in [1.29, 1.82) is 0 Å². The molecule has 0 aliphatic heterocycles. The lowest BCUT2D eigenvalue weighted by Gasteiger charge is -2.26. The van der Waals surface area contributed by atoms with Crippen molar-refractivity contribution in [3.8, 4) is 17.2 Å². The maximum Gasteiger partial charge on any atom is 0.131 e. The van der Waals surface area contributed by atoms with Crippen LogP contribution in [0.1, 0.15) is 13.8 Å². The normalized spacial score (nSPS) is 11.2. The molecule has 0 bridgehead atoms. The largest absolute Gasteiger partial charge is 0.486 e. The first-order valence-corrected chi connectivity index (χ1v) is 6.76. The quantitative estimate of drug-likeness (QED) is 0.865. The van der Waals surface area contributed by atoms with Crippen molar-refractivity contribution in [3.05, 3.63) is 54.6 Å². The molecule has 0 amide bonds. The van der Waals surface area contributed by atoms with E-state index in [0.29, 0.717) is 0 Å². The molecule has 0 aliphatic rings. The number of hydrogen-bond acceptors (Lipinski definition) is 3. The van der Waals surface area contributed by atoms with Gasteiger partial charge in [0.15, 0.2) is 0 Å². The molecule has 0 unspecified atom stereocenters. The predicted octanol–water partition coefficient (Wildman–Crippen LogP) is 3.86. The molecule has 1 N–H and O–H groups in total. The molecule has 2 aromatic rings. The maximum absolute atomic E-state index is 5.98. The third kappa shape index (κ3) is 4.28. The minimum absolute atomic E-state index is 0.264. The summed E-state index contributed by atoms with van der Waals surface area (Å²) in [5.74, 6) is 2.40. The van der Waals surface area contributed by atoms with Crippen LogP contribution in [0.3, 0.4) is 0 Å². The maximum atomic E-state index is 5.98. The Kier molecular flexibility index (Phi) is 4.64. The lowest BCUT2D eigenvalue weighted by molar-refractivity contribution is 0.110. The molecule has 0 spiro atoms. The Morgan fingerprint density at radius 3 is 2.25 bits per heavy atom. The first-order valence-electron chi connectivity index (χ1n) is 6.76. The summed E-state index contributed by atoms with van der Waals surface area (Å²) in [5, 5.41) is 3.13. The molecule has 0 saturated carbocycles. The zero-order valence-electron chi connectivity index (χ0n) is 12.2. The van der Waals surface area contributed by atoms with Crippen LogP contribution < -0.4 is 14.8 Å². The van der Waals surface area contributed by atoms with Gasteiger partial charge in [-0.25, -0.2) is 0 Å². The van der Waals surface area contributed by atoms with Gasteiger partial charge in [0.25, 0.3) is 0 Å². The Morgan fingerprint density at radius 1 is 0.900 bits per heavy atom. The molecule has 106 valence electrons. The fourth-order valence-electron chi connectivity index (χ4n) is 2.01. The van der Waals surface area contributed by atoms with Gasteiger partial charge >= 0.3 is 0 Å². The standard InChI is InChI=1S/C17H21NO2/c1-17(2,13-18-3)20-16-11-7-10-15(12-16)19-14-8-5-4-6-9-14/h4-12,18H,13H2,1-3H3. The Morgan fingerprint density at radius 2 is 1.55 bits per heavy atom. The van der Waals surface area contributed by atoms with Crippen LogP contribution >= 0.6 is 0 Å². The fourth-order valence-corrected chi connectivity index (χ4v) is 2.01. The molecule has 0 radical (unpaired) electrons. The molecule has 0 aliphatic carbocycles. The Hall–Kier alpha value is -2.00. The van der Waals surface area contributed by atoms with E-state index in [1.54, 1.807) is 0 Å². The minimum Gasteiger partial charge on any atom is -0.486 e. The third-order valence-electron chi connectivity index (χ3n) is 2.78. The zero-order valence-corrected chi connectivity index (χ0v) is 12.2. The Balaban J connectivity index is 2.08. The second-order valence-electron chi connectivity index (χ2n) is 5.28. The van der Waals surface area contributed by atoms with Gasteiger partial charge in [-0.15, -0.1) is 0 Å². The van der Waals surface area contributed by atoms with Crippen molar-refractivity contribution < 1.29 is 9.47 Å². The van der Waals surface area contributed by atoms with Gasteiger partial charge in [-0.1, -0.05) is 24.3 Å². The average Bonchev–Trinajstić information content (AvgIpc) is 2.39. The number of likely N-dealkylation sites (N-methyl/N-ethyl adjacent to an activating group) is 1. The van der Waals surface area contributed by atoms with E-state index >= 15 is 0 Å². The number of nitrogens with one attached hydrogen (secondary N) is 1. The molecule has 20 heavy (non-hydrogen) atoms. The molecular formula is C17H21NO2. The zero-order chi connectivity index (χ0) is 14.4. The minimum atomic E-state index is -0.264. The molecule has 3 heteroatoms. The molecule has 2 aromatic carbocycles. The van der Waals surface area contributed by atoms with Crippen LogP contribution in [0.4, 0.5) is 0 Å².